The SMILES string of the molecule is O=C(O)c1c(O)c(C2(c3ccc(Cl)cc3)CC2)nc2ccc(OC(F)(F)F)cc12. The maximum Gasteiger partial charge on any atom is 0.573 e. The number of fused-ring (bicyclic) bond motifs is 1. The van der Waals surface area contributed by atoms with Gasteiger partial charge in [0.1, 0.15) is 11.3 Å². The lowest BCUT2D eigenvalue weighted by Crippen LogP contribution is -2.17. The van der Waals surface area contributed by atoms with E-state index in [0.29, 0.717) is 17.9 Å². The summed E-state index contributed by atoms with van der Waals surface area (Å²) in [7, 11) is 0. The number of aromatic nitrogens is 1. The molecule has 0 atom stereocenters. The Morgan fingerprint density at radius 3 is 2.34 bits per heavy atom. The summed E-state index contributed by atoms with van der Waals surface area (Å²) in [6.07, 6.45) is -3.66. The zero-order valence-corrected chi connectivity index (χ0v) is 15.4. The van der Waals surface area contributed by atoms with Crippen LogP contribution in [-0.4, -0.2) is 27.5 Å². The first-order chi connectivity index (χ1) is 13.6. The molecule has 9 heteroatoms. The van der Waals surface area contributed by atoms with Gasteiger partial charge in [0.25, 0.3) is 0 Å². The van der Waals surface area contributed by atoms with Crippen molar-refractivity contribution in [3.63, 3.8) is 0 Å². The summed E-state index contributed by atoms with van der Waals surface area (Å²) in [5.74, 6) is -2.64. The second-order valence-corrected chi connectivity index (χ2v) is 7.24. The Hall–Kier alpha value is -3.00. The second-order valence-electron chi connectivity index (χ2n) is 6.80. The van der Waals surface area contributed by atoms with Crippen LogP contribution in [0.4, 0.5) is 13.2 Å². The molecule has 1 fully saturated rings. The van der Waals surface area contributed by atoms with E-state index in [1.54, 1.807) is 24.3 Å². The fraction of sp³-hybridized carbons (Fsp3) is 0.200. The van der Waals surface area contributed by atoms with Gasteiger partial charge in [0, 0.05) is 15.8 Å². The van der Waals surface area contributed by atoms with E-state index in [0.717, 1.165) is 17.7 Å². The topological polar surface area (TPSA) is 79.7 Å². The van der Waals surface area contributed by atoms with Crippen molar-refractivity contribution in [1.29, 1.82) is 0 Å². The highest BCUT2D eigenvalue weighted by Crippen LogP contribution is 2.56. The molecule has 29 heavy (non-hydrogen) atoms. The van der Waals surface area contributed by atoms with Gasteiger partial charge < -0.3 is 14.9 Å². The van der Waals surface area contributed by atoms with Crippen molar-refractivity contribution in [2.45, 2.75) is 24.6 Å². The van der Waals surface area contributed by atoms with E-state index in [4.69, 9.17) is 11.6 Å². The molecular formula is C20H13ClF3NO4. The molecule has 0 amide bonds. The van der Waals surface area contributed by atoms with Crippen molar-refractivity contribution in [2.75, 3.05) is 0 Å². The quantitative estimate of drug-likeness (QED) is 0.597. The van der Waals surface area contributed by atoms with Crippen LogP contribution < -0.4 is 4.74 Å². The minimum atomic E-state index is -4.93. The summed E-state index contributed by atoms with van der Waals surface area (Å²) in [4.78, 5) is 16.3. The minimum Gasteiger partial charge on any atom is -0.505 e. The molecular weight excluding hydrogens is 411 g/mol. The van der Waals surface area contributed by atoms with E-state index in [1.165, 1.54) is 6.07 Å². The van der Waals surface area contributed by atoms with E-state index in [-0.39, 0.29) is 16.6 Å². The second kappa shape index (κ2) is 6.52. The fourth-order valence-electron chi connectivity index (χ4n) is 3.54. The number of hydrogen-bond donors (Lipinski definition) is 2. The molecule has 1 heterocycles. The van der Waals surface area contributed by atoms with Crippen LogP contribution in [0, 0.1) is 0 Å². The Kier molecular flexibility index (Phi) is 4.34. The molecule has 0 spiro atoms. The monoisotopic (exact) mass is 423 g/mol. The standard InChI is InChI=1S/C20H13ClF3NO4/c21-11-3-1-10(2-4-11)19(7-8-19)17-16(26)15(18(27)28)13-9-12(29-20(22,23)24)5-6-14(13)25-17/h1-6,9,26H,7-8H2,(H,27,28). The number of benzene rings is 2. The summed E-state index contributed by atoms with van der Waals surface area (Å²) >= 11 is 5.93. The van der Waals surface area contributed by atoms with Crippen LogP contribution in [0.1, 0.15) is 34.5 Å². The van der Waals surface area contributed by atoms with Crippen LogP contribution >= 0.6 is 11.6 Å². The number of aromatic hydroxyl groups is 1. The number of carbonyl (C=O) groups is 1. The lowest BCUT2D eigenvalue weighted by atomic mass is 9.89. The highest BCUT2D eigenvalue weighted by molar-refractivity contribution is 6.30. The van der Waals surface area contributed by atoms with Crippen LogP contribution in [0.3, 0.4) is 0 Å². The third-order valence-electron chi connectivity index (χ3n) is 4.98. The van der Waals surface area contributed by atoms with Gasteiger partial charge in [0.15, 0.2) is 5.75 Å². The maximum atomic E-state index is 12.5. The molecule has 1 aliphatic carbocycles. The van der Waals surface area contributed by atoms with E-state index in [1.807, 2.05) is 0 Å². The number of nitrogens with zero attached hydrogens (tertiary/aromatic N) is 1. The Morgan fingerprint density at radius 1 is 1.14 bits per heavy atom. The van der Waals surface area contributed by atoms with Crippen molar-refractivity contribution in [3.05, 3.63) is 64.3 Å². The van der Waals surface area contributed by atoms with Gasteiger partial charge in [0.2, 0.25) is 0 Å². The number of hydrogen-bond acceptors (Lipinski definition) is 4. The van der Waals surface area contributed by atoms with Gasteiger partial charge in [-0.25, -0.2) is 9.78 Å². The Balaban J connectivity index is 1.91. The summed E-state index contributed by atoms with van der Waals surface area (Å²) < 4.78 is 41.4. The predicted molar refractivity (Wildman–Crippen MR) is 98.5 cm³/mol. The van der Waals surface area contributed by atoms with Crippen LogP contribution in [0.2, 0.25) is 5.02 Å². The Bertz CT molecular complexity index is 1130. The van der Waals surface area contributed by atoms with Crippen molar-refractivity contribution >= 4 is 28.5 Å². The smallest absolute Gasteiger partial charge is 0.505 e. The molecule has 0 aliphatic heterocycles. The molecule has 1 aromatic heterocycles. The zero-order chi connectivity index (χ0) is 21.0. The van der Waals surface area contributed by atoms with Crippen molar-refractivity contribution < 1.29 is 32.9 Å². The van der Waals surface area contributed by atoms with Gasteiger partial charge in [-0.3, -0.25) is 0 Å². The van der Waals surface area contributed by atoms with Crippen molar-refractivity contribution in [3.8, 4) is 11.5 Å². The average Bonchev–Trinajstić information content (AvgIpc) is 3.41. The largest absolute Gasteiger partial charge is 0.573 e. The van der Waals surface area contributed by atoms with Crippen LogP contribution in [-0.2, 0) is 5.41 Å². The third kappa shape index (κ3) is 3.44. The van der Waals surface area contributed by atoms with Gasteiger partial charge in [0.05, 0.1) is 11.2 Å². The molecule has 0 radical (unpaired) electrons. The van der Waals surface area contributed by atoms with Gasteiger partial charge in [-0.2, -0.15) is 0 Å². The molecule has 0 unspecified atom stereocenters. The number of pyridine rings is 1. The number of ether oxygens (including phenoxy) is 1. The predicted octanol–water partition coefficient (Wildman–Crippen LogP) is 5.27. The third-order valence-corrected chi connectivity index (χ3v) is 5.23. The maximum absolute atomic E-state index is 12.5. The van der Waals surface area contributed by atoms with E-state index < -0.39 is 34.8 Å². The van der Waals surface area contributed by atoms with Gasteiger partial charge in [-0.05, 0) is 48.7 Å². The van der Waals surface area contributed by atoms with Crippen LogP contribution in [0.5, 0.6) is 11.5 Å². The molecule has 2 aromatic carbocycles. The van der Waals surface area contributed by atoms with E-state index >= 15 is 0 Å². The van der Waals surface area contributed by atoms with E-state index in [9.17, 15) is 28.2 Å². The Labute approximate surface area is 167 Å². The highest BCUT2D eigenvalue weighted by Gasteiger charge is 2.50. The highest BCUT2D eigenvalue weighted by atomic mass is 35.5. The fourth-order valence-corrected chi connectivity index (χ4v) is 3.66. The first-order valence-electron chi connectivity index (χ1n) is 8.53. The zero-order valence-electron chi connectivity index (χ0n) is 14.6. The average molecular weight is 424 g/mol. The lowest BCUT2D eigenvalue weighted by Gasteiger charge is -2.19. The lowest BCUT2D eigenvalue weighted by molar-refractivity contribution is -0.274. The number of aromatic carboxylic acids is 1. The summed E-state index contributed by atoms with van der Waals surface area (Å²) in [5.41, 5.74) is -0.0526. The molecule has 2 N–H and O–H groups in total. The van der Waals surface area contributed by atoms with Crippen molar-refractivity contribution in [1.82, 2.24) is 4.98 Å². The number of rotatable bonds is 4. The van der Waals surface area contributed by atoms with Crippen LogP contribution in [0.25, 0.3) is 10.9 Å². The molecule has 1 saturated carbocycles. The van der Waals surface area contributed by atoms with E-state index in [2.05, 4.69) is 9.72 Å². The van der Waals surface area contributed by atoms with Gasteiger partial charge in [-0.1, -0.05) is 23.7 Å². The summed E-state index contributed by atoms with van der Waals surface area (Å²) in [6, 6.07) is 10.1. The normalized spacial score (nSPS) is 15.3. The first-order valence-corrected chi connectivity index (χ1v) is 8.91. The summed E-state index contributed by atoms with van der Waals surface area (Å²) in [5, 5.41) is 20.8. The number of alkyl halides is 3. The molecule has 5 nitrogen and oxygen atoms in total. The number of carboxylic acids is 1. The van der Waals surface area contributed by atoms with Crippen LogP contribution in [0.15, 0.2) is 42.5 Å². The molecule has 0 saturated heterocycles. The van der Waals surface area contributed by atoms with Crippen molar-refractivity contribution in [2.24, 2.45) is 0 Å². The van der Waals surface area contributed by atoms with Gasteiger partial charge in [-0.15, -0.1) is 13.2 Å². The molecule has 4 rings (SSSR count). The molecule has 1 aliphatic rings. The minimum absolute atomic E-state index is 0.143. The number of carboxylic acid groups (broad SMARTS) is 1. The Morgan fingerprint density at radius 2 is 1.79 bits per heavy atom. The van der Waals surface area contributed by atoms with Gasteiger partial charge >= 0.3 is 12.3 Å². The molecule has 3 aromatic rings. The number of halogens is 4. The summed E-state index contributed by atoms with van der Waals surface area (Å²) in [6.45, 7) is 0. The first kappa shape index (κ1) is 19.3. The molecule has 0 bridgehead atoms. The molecule has 150 valence electrons.